The largest absolute Gasteiger partial charge is 0.490 e. The first-order chi connectivity index (χ1) is 24.5. The number of nitrogens with zero attached hydrogens (tertiary/aromatic N) is 2. The number of nitrogens with two attached hydrogens (primary N) is 1. The number of carbonyl (C=O) groups is 2. The monoisotopic (exact) mass is 743 g/mol. The molecular weight excluding hydrogens is 698 g/mol. The second-order valence-electron chi connectivity index (χ2n) is 13.1. The number of pyridine rings is 1. The molecule has 2 fully saturated rings. The van der Waals surface area contributed by atoms with E-state index in [0.717, 1.165) is 58.6 Å². The molecule has 0 spiro atoms. The minimum atomic E-state index is -1.83. The number of benzene rings is 2. The van der Waals surface area contributed by atoms with Crippen molar-refractivity contribution < 1.29 is 44.6 Å². The third-order valence-electron chi connectivity index (χ3n) is 9.05. The van der Waals surface area contributed by atoms with E-state index >= 15 is 0 Å². The van der Waals surface area contributed by atoms with Crippen molar-refractivity contribution in [3.8, 4) is 16.9 Å². The Hall–Kier alpha value is -3.27. The average Bonchev–Trinajstić information content (AvgIpc) is 4.08. The van der Waals surface area contributed by atoms with Crippen LogP contribution in [0, 0.1) is 0 Å². The molecule has 5 rings (SSSR count). The van der Waals surface area contributed by atoms with E-state index in [-0.39, 0.29) is 31.4 Å². The third kappa shape index (κ3) is 10.6. The van der Waals surface area contributed by atoms with Crippen molar-refractivity contribution in [3.05, 3.63) is 77.1 Å². The Balaban J connectivity index is 1.16. The van der Waals surface area contributed by atoms with Crippen molar-refractivity contribution >= 4 is 35.2 Å². The van der Waals surface area contributed by atoms with Crippen LogP contribution in [-0.4, -0.2) is 103 Å². The Kier molecular flexibility index (Phi) is 13.7. The summed E-state index contributed by atoms with van der Waals surface area (Å²) in [5.41, 5.74) is 8.70. The van der Waals surface area contributed by atoms with Crippen LogP contribution in [0.4, 0.5) is 0 Å². The van der Waals surface area contributed by atoms with E-state index in [9.17, 15) is 30.0 Å². The van der Waals surface area contributed by atoms with Crippen LogP contribution in [-0.2, 0) is 26.5 Å². The fourth-order valence-electron chi connectivity index (χ4n) is 5.75. The van der Waals surface area contributed by atoms with Gasteiger partial charge in [0, 0.05) is 59.4 Å². The van der Waals surface area contributed by atoms with Crippen molar-refractivity contribution in [3.63, 3.8) is 0 Å². The fraction of sp³-hybridized carbons (Fsp3) is 0.486. The summed E-state index contributed by atoms with van der Waals surface area (Å²) < 4.78 is 12.8. The molecule has 2 aliphatic rings. The molecule has 0 bridgehead atoms. The van der Waals surface area contributed by atoms with Crippen LogP contribution in [0.1, 0.15) is 56.1 Å². The zero-order chi connectivity index (χ0) is 36.5. The molecule has 4 atom stereocenters. The topological polar surface area (TPSA) is 196 Å². The standard InChI is InChI=1S/C37H46ClN3O9S/c38-29-10-9-25(51-17-3-6-34(46)41(16-12-33(39)45)20-30(43)35(47)36(48)31(44)21-42)18-23(29)22-49-37(13-14-37)28-19-40-15-11-26(28)27-4-1-2-5-32(27)50-24-7-8-24/h1-2,4-5,9-11,15,18-19,24,30-31,35-36,42-44,47-48H,3,6-8,12-14,16-17,20-22H2,(H2,39,45)/t30-,31+,35+,36+/m0/s1. The molecule has 2 aliphatic carbocycles. The van der Waals surface area contributed by atoms with Gasteiger partial charge >= 0.3 is 0 Å². The number of aromatic nitrogens is 1. The summed E-state index contributed by atoms with van der Waals surface area (Å²) in [6, 6.07) is 15.8. The zero-order valence-electron chi connectivity index (χ0n) is 28.3. The van der Waals surface area contributed by atoms with Crippen molar-refractivity contribution in [1.29, 1.82) is 0 Å². The van der Waals surface area contributed by atoms with Crippen molar-refractivity contribution in [2.75, 3.05) is 25.4 Å². The number of rotatable bonds is 21. The third-order valence-corrected chi connectivity index (χ3v) is 10.5. The van der Waals surface area contributed by atoms with Crippen LogP contribution < -0.4 is 10.5 Å². The number of halogens is 1. The van der Waals surface area contributed by atoms with Gasteiger partial charge in [-0.25, -0.2) is 0 Å². The summed E-state index contributed by atoms with van der Waals surface area (Å²) >= 11 is 8.15. The predicted molar refractivity (Wildman–Crippen MR) is 192 cm³/mol. The minimum absolute atomic E-state index is 0.0880. The fourth-order valence-corrected chi connectivity index (χ4v) is 6.84. The van der Waals surface area contributed by atoms with Crippen molar-refractivity contribution in [2.45, 2.75) is 92.6 Å². The highest BCUT2D eigenvalue weighted by Crippen LogP contribution is 2.53. The molecule has 2 aromatic carbocycles. The number of aliphatic hydroxyl groups excluding tert-OH is 5. The highest BCUT2D eigenvalue weighted by atomic mass is 35.5. The van der Waals surface area contributed by atoms with Gasteiger partial charge in [0.25, 0.3) is 0 Å². The van der Waals surface area contributed by atoms with Crippen LogP contribution in [0.25, 0.3) is 11.1 Å². The van der Waals surface area contributed by atoms with E-state index in [1.165, 1.54) is 4.90 Å². The summed E-state index contributed by atoms with van der Waals surface area (Å²) in [4.78, 5) is 31.0. The van der Waals surface area contributed by atoms with Gasteiger partial charge < -0.3 is 45.6 Å². The van der Waals surface area contributed by atoms with Gasteiger partial charge in [-0.2, -0.15) is 0 Å². The number of para-hydroxylation sites is 1. The molecule has 1 heterocycles. The maximum atomic E-state index is 13.0. The zero-order valence-corrected chi connectivity index (χ0v) is 29.8. The Bertz CT molecular complexity index is 1640. The predicted octanol–water partition coefficient (Wildman–Crippen LogP) is 3.16. The second-order valence-corrected chi connectivity index (χ2v) is 14.7. The number of amides is 2. The molecule has 2 amide bonds. The quantitative estimate of drug-likeness (QED) is 0.0693. The Morgan fingerprint density at radius 2 is 1.76 bits per heavy atom. The van der Waals surface area contributed by atoms with Gasteiger partial charge in [0.2, 0.25) is 11.8 Å². The van der Waals surface area contributed by atoms with Gasteiger partial charge in [-0.05, 0) is 79.3 Å². The van der Waals surface area contributed by atoms with Gasteiger partial charge in [0.15, 0.2) is 0 Å². The normalized spacial score (nSPS) is 17.3. The van der Waals surface area contributed by atoms with Crippen LogP contribution in [0.2, 0.25) is 5.02 Å². The molecule has 14 heteroatoms. The highest BCUT2D eigenvalue weighted by molar-refractivity contribution is 7.99. The summed E-state index contributed by atoms with van der Waals surface area (Å²) in [6.07, 6.45) is 1.21. The number of hydrogen-bond acceptors (Lipinski definition) is 11. The smallest absolute Gasteiger partial charge is 0.222 e. The average molecular weight is 744 g/mol. The lowest BCUT2D eigenvalue weighted by Crippen LogP contribution is -2.51. The summed E-state index contributed by atoms with van der Waals surface area (Å²) in [6.45, 7) is -1.02. The molecule has 0 unspecified atom stereocenters. The molecule has 1 aromatic heterocycles. The first-order valence-corrected chi connectivity index (χ1v) is 18.5. The van der Waals surface area contributed by atoms with Gasteiger partial charge in [-0.15, -0.1) is 11.8 Å². The SMILES string of the molecule is NC(=O)CCN(C[C@H](O)[C@@H](O)[C@H](O)[C@H](O)CO)C(=O)CCCSc1ccc(Cl)c(COC2(c3cnccc3-c3ccccc3OC3CC3)CC2)c1. The Morgan fingerprint density at radius 1 is 1.02 bits per heavy atom. The highest BCUT2D eigenvalue weighted by Gasteiger charge is 2.48. The van der Waals surface area contributed by atoms with Crippen LogP contribution in [0.5, 0.6) is 5.75 Å². The minimum Gasteiger partial charge on any atom is -0.490 e. The Morgan fingerprint density at radius 3 is 2.47 bits per heavy atom. The maximum Gasteiger partial charge on any atom is 0.222 e. The lowest BCUT2D eigenvalue weighted by molar-refractivity contribution is -0.140. The van der Waals surface area contributed by atoms with E-state index in [4.69, 9.17) is 31.9 Å². The lowest BCUT2D eigenvalue weighted by atomic mass is 9.96. The first kappa shape index (κ1) is 38.9. The summed E-state index contributed by atoms with van der Waals surface area (Å²) in [5.74, 6) is 0.419. The number of thioether (sulfide) groups is 1. The molecule has 0 radical (unpaired) electrons. The van der Waals surface area contributed by atoms with E-state index < -0.39 is 49.1 Å². The number of carbonyl (C=O) groups excluding carboxylic acids is 2. The molecule has 0 aliphatic heterocycles. The number of hydrogen-bond donors (Lipinski definition) is 6. The van der Waals surface area contributed by atoms with Gasteiger partial charge in [-0.1, -0.05) is 29.8 Å². The van der Waals surface area contributed by atoms with E-state index in [1.54, 1.807) is 18.0 Å². The molecular formula is C37H46ClN3O9S. The molecule has 276 valence electrons. The van der Waals surface area contributed by atoms with Crippen molar-refractivity contribution in [2.24, 2.45) is 5.73 Å². The van der Waals surface area contributed by atoms with E-state index in [2.05, 4.69) is 11.1 Å². The number of aliphatic hydroxyl groups is 5. The molecule has 7 N–H and O–H groups in total. The lowest BCUT2D eigenvalue weighted by Gasteiger charge is -2.30. The van der Waals surface area contributed by atoms with E-state index in [1.807, 2.05) is 48.7 Å². The molecule has 3 aromatic rings. The van der Waals surface area contributed by atoms with Gasteiger partial charge in [-0.3, -0.25) is 14.6 Å². The van der Waals surface area contributed by atoms with E-state index in [0.29, 0.717) is 23.8 Å². The van der Waals surface area contributed by atoms with Gasteiger partial charge in [0.05, 0.1) is 24.9 Å². The second kappa shape index (κ2) is 18.0. The van der Waals surface area contributed by atoms with Crippen LogP contribution in [0.15, 0.2) is 65.8 Å². The molecule has 51 heavy (non-hydrogen) atoms. The summed E-state index contributed by atoms with van der Waals surface area (Å²) in [7, 11) is 0. The molecule has 12 nitrogen and oxygen atoms in total. The number of primary amides is 1. The Labute approximate surface area is 306 Å². The maximum absolute atomic E-state index is 13.0. The molecule has 2 saturated carbocycles. The molecule has 0 saturated heterocycles. The van der Waals surface area contributed by atoms with Gasteiger partial charge in [0.1, 0.15) is 30.2 Å². The number of ether oxygens (including phenoxy) is 2. The van der Waals surface area contributed by atoms with Crippen LogP contribution >= 0.6 is 23.4 Å². The summed E-state index contributed by atoms with van der Waals surface area (Å²) in [5, 5.41) is 49.7. The van der Waals surface area contributed by atoms with Crippen LogP contribution in [0.3, 0.4) is 0 Å². The van der Waals surface area contributed by atoms with Crippen molar-refractivity contribution in [1.82, 2.24) is 9.88 Å². The first-order valence-electron chi connectivity index (χ1n) is 17.2.